The standard InChI is InChI=1S/C8H10N6OS2/c1-2-17-6-4(12-8(17)16)5(9)14(3-11-6)13-7(10)15/h3,9H,2H2,1H3,(H3-,10,12,13,15,16)/p+1. The number of aryl methyl sites for hydroxylation is 1. The third-order valence-corrected chi connectivity index (χ3v) is 4.79. The predicted molar refractivity (Wildman–Crippen MR) is 67.9 cm³/mol. The van der Waals surface area contributed by atoms with Crippen LogP contribution in [0.5, 0.6) is 0 Å². The molecule has 2 aromatic rings. The second kappa shape index (κ2) is 4.26. The van der Waals surface area contributed by atoms with Crippen molar-refractivity contribution in [1.29, 1.82) is 5.41 Å². The quantitative estimate of drug-likeness (QED) is 0.482. The van der Waals surface area contributed by atoms with Crippen LogP contribution in [0.1, 0.15) is 6.92 Å². The molecule has 9 heteroatoms. The van der Waals surface area contributed by atoms with Crippen molar-refractivity contribution in [2.45, 2.75) is 12.7 Å². The maximum absolute atomic E-state index is 10.7. The Morgan fingerprint density at radius 3 is 3.12 bits per heavy atom. The van der Waals surface area contributed by atoms with Crippen LogP contribution in [0.3, 0.4) is 0 Å². The minimum atomic E-state index is -0.750. The number of H-pyrrole nitrogens is 1. The zero-order valence-electron chi connectivity index (χ0n) is 8.98. The summed E-state index contributed by atoms with van der Waals surface area (Å²) < 4.78 is 1.83. The smallest absolute Gasteiger partial charge is 0.350 e. The fourth-order valence-electron chi connectivity index (χ4n) is 1.48. The first-order valence-electron chi connectivity index (χ1n) is 4.79. The van der Waals surface area contributed by atoms with E-state index < -0.39 is 6.03 Å². The summed E-state index contributed by atoms with van der Waals surface area (Å²) in [5.74, 6) is 0.846. The van der Waals surface area contributed by atoms with E-state index in [4.69, 9.17) is 23.4 Å². The summed E-state index contributed by atoms with van der Waals surface area (Å²) in [6.07, 6.45) is 1.36. The Labute approximate surface area is 104 Å². The van der Waals surface area contributed by atoms with Gasteiger partial charge in [0, 0.05) is 0 Å². The highest BCUT2D eigenvalue weighted by Crippen LogP contribution is 2.27. The number of fused-ring (bicyclic) bond motifs is 1. The summed E-state index contributed by atoms with van der Waals surface area (Å²) in [6.45, 7) is 2.01. The summed E-state index contributed by atoms with van der Waals surface area (Å²) in [6, 6.07) is -0.750. The molecule has 7 nitrogen and oxygen atoms in total. The molecule has 0 aliphatic rings. The van der Waals surface area contributed by atoms with E-state index in [0.717, 1.165) is 15.3 Å². The van der Waals surface area contributed by atoms with E-state index in [1.165, 1.54) is 6.33 Å². The summed E-state index contributed by atoms with van der Waals surface area (Å²) in [7, 11) is -0.253. The SMILES string of the molecule is CC[s+]1c(=S)[nH]c2c(=N)n(NC(N)=O)cnc21. The van der Waals surface area contributed by atoms with Crippen molar-refractivity contribution in [3.63, 3.8) is 0 Å². The van der Waals surface area contributed by atoms with Crippen molar-refractivity contribution < 1.29 is 4.79 Å². The van der Waals surface area contributed by atoms with Crippen molar-refractivity contribution in [1.82, 2.24) is 14.6 Å². The van der Waals surface area contributed by atoms with Gasteiger partial charge in [-0.15, -0.1) is 0 Å². The normalized spacial score (nSPS) is 11.7. The molecule has 0 radical (unpaired) electrons. The van der Waals surface area contributed by atoms with E-state index in [9.17, 15) is 4.79 Å². The van der Waals surface area contributed by atoms with Crippen LogP contribution >= 0.6 is 22.7 Å². The van der Waals surface area contributed by atoms with Gasteiger partial charge in [-0.2, -0.15) is 0 Å². The molecular weight excluding hydrogens is 260 g/mol. The number of primary amides is 1. The molecular formula is C8H11N6OS2+. The van der Waals surface area contributed by atoms with Crippen LogP contribution in [0.25, 0.3) is 10.3 Å². The molecule has 90 valence electrons. The van der Waals surface area contributed by atoms with Gasteiger partial charge >= 0.3 is 9.99 Å². The number of amides is 2. The number of nitrogens with zero attached hydrogens (tertiary/aromatic N) is 2. The molecule has 0 saturated carbocycles. The van der Waals surface area contributed by atoms with Crippen LogP contribution < -0.4 is 16.6 Å². The first kappa shape index (κ1) is 11.7. The van der Waals surface area contributed by atoms with Crippen LogP contribution in [0.15, 0.2) is 6.33 Å². The molecule has 0 bridgehead atoms. The van der Waals surface area contributed by atoms with Gasteiger partial charge in [0.25, 0.3) is 12.2 Å². The molecule has 2 amide bonds. The predicted octanol–water partition coefficient (Wildman–Crippen LogP) is 0.965. The molecule has 2 aromatic heterocycles. The number of aromatic nitrogens is 3. The molecule has 0 aliphatic carbocycles. The molecule has 17 heavy (non-hydrogen) atoms. The van der Waals surface area contributed by atoms with Crippen LogP contribution in [0.2, 0.25) is 0 Å². The minimum absolute atomic E-state index is 0.0830. The Balaban J connectivity index is 2.73. The van der Waals surface area contributed by atoms with Crippen LogP contribution in [0, 0.1) is 9.36 Å². The van der Waals surface area contributed by atoms with E-state index >= 15 is 0 Å². The van der Waals surface area contributed by atoms with E-state index in [2.05, 4.69) is 15.4 Å². The summed E-state index contributed by atoms with van der Waals surface area (Å²) in [5, 5.41) is 7.91. The second-order valence-electron chi connectivity index (χ2n) is 3.21. The average molecular weight is 271 g/mol. The maximum atomic E-state index is 10.7. The van der Waals surface area contributed by atoms with Crippen LogP contribution in [-0.2, 0) is 5.75 Å². The topological polar surface area (TPSA) is 113 Å². The van der Waals surface area contributed by atoms with Crippen LogP contribution in [0.4, 0.5) is 4.79 Å². The van der Waals surface area contributed by atoms with Crippen molar-refractivity contribution in [2.75, 3.05) is 5.43 Å². The van der Waals surface area contributed by atoms with Gasteiger partial charge in [-0.05, 0) is 17.4 Å². The molecule has 0 fully saturated rings. The van der Waals surface area contributed by atoms with Crippen LogP contribution in [-0.4, -0.2) is 20.7 Å². The number of urea groups is 1. The molecule has 1 atom stereocenters. The molecule has 0 aliphatic heterocycles. The number of carbonyl (C=O) groups excluding carboxylic acids is 1. The minimum Gasteiger partial charge on any atom is -0.350 e. The molecule has 0 saturated heterocycles. The van der Waals surface area contributed by atoms with Gasteiger partial charge in [-0.25, -0.2) is 19.9 Å². The van der Waals surface area contributed by atoms with Crippen molar-refractivity contribution in [3.8, 4) is 0 Å². The Kier molecular flexibility index (Phi) is 2.94. The van der Waals surface area contributed by atoms with E-state index in [1.807, 2.05) is 6.92 Å². The van der Waals surface area contributed by atoms with Gasteiger partial charge in [0.05, 0.1) is 5.75 Å². The van der Waals surface area contributed by atoms with E-state index in [0.29, 0.717) is 9.47 Å². The highest BCUT2D eigenvalue weighted by atomic mass is 32.2. The number of hydrogen-bond acceptors (Lipinski definition) is 4. The third kappa shape index (κ3) is 1.94. The largest absolute Gasteiger partial charge is 0.358 e. The molecule has 2 heterocycles. The first-order chi connectivity index (χ1) is 8.04. The monoisotopic (exact) mass is 271 g/mol. The molecule has 5 N–H and O–H groups in total. The number of hydrogen-bond donors (Lipinski definition) is 4. The lowest BCUT2D eigenvalue weighted by molar-refractivity contribution is 0.256. The number of nitrogens with one attached hydrogen (secondary N) is 3. The molecule has 1 unspecified atom stereocenters. The fraction of sp³-hybridized carbons (Fsp3) is 0.250. The molecule has 0 spiro atoms. The highest BCUT2D eigenvalue weighted by molar-refractivity contribution is 7.74. The number of carbonyl (C=O) groups is 1. The van der Waals surface area contributed by atoms with Gasteiger partial charge in [0.1, 0.15) is 11.8 Å². The Bertz CT molecular complexity index is 696. The van der Waals surface area contributed by atoms with Gasteiger partial charge in [-0.1, -0.05) is 0 Å². The van der Waals surface area contributed by atoms with Gasteiger partial charge < -0.3 is 5.73 Å². The number of thiazole rings is 1. The van der Waals surface area contributed by atoms with E-state index in [1.54, 1.807) is 0 Å². The lowest BCUT2D eigenvalue weighted by Gasteiger charge is -2.04. The Morgan fingerprint density at radius 1 is 1.82 bits per heavy atom. The number of aromatic amines is 1. The Morgan fingerprint density at radius 2 is 2.53 bits per heavy atom. The van der Waals surface area contributed by atoms with E-state index in [-0.39, 0.29) is 16.0 Å². The van der Waals surface area contributed by atoms with Gasteiger partial charge in [-0.3, -0.25) is 10.4 Å². The van der Waals surface area contributed by atoms with Crippen molar-refractivity contribution in [3.05, 3.63) is 15.8 Å². The number of nitrogens with two attached hydrogens (primary N) is 1. The fourth-order valence-corrected chi connectivity index (χ4v) is 3.67. The lowest BCUT2D eigenvalue weighted by Crippen LogP contribution is -2.36. The number of rotatable bonds is 2. The summed E-state index contributed by atoms with van der Waals surface area (Å²) in [4.78, 5) is 18.7. The average Bonchev–Trinajstić information content (AvgIpc) is 2.58. The van der Waals surface area contributed by atoms with Gasteiger partial charge in [0.2, 0.25) is 4.83 Å². The zero-order valence-corrected chi connectivity index (χ0v) is 10.6. The third-order valence-electron chi connectivity index (χ3n) is 2.19. The summed E-state index contributed by atoms with van der Waals surface area (Å²) in [5.41, 5.74) is 7.89. The summed E-state index contributed by atoms with van der Waals surface area (Å²) >= 11 is 5.19. The second-order valence-corrected chi connectivity index (χ2v) is 6.03. The van der Waals surface area contributed by atoms with Crippen molar-refractivity contribution in [2.24, 2.45) is 5.73 Å². The zero-order chi connectivity index (χ0) is 12.6. The molecule has 0 aromatic carbocycles. The first-order valence-corrected chi connectivity index (χ1v) is 6.59. The highest BCUT2D eigenvalue weighted by Gasteiger charge is 2.15. The van der Waals surface area contributed by atoms with Crippen molar-refractivity contribution >= 4 is 39.1 Å². The lowest BCUT2D eigenvalue weighted by atomic mass is 10.6. The maximum Gasteiger partial charge on any atom is 0.358 e. The van der Waals surface area contributed by atoms with Gasteiger partial charge in [0.15, 0.2) is 5.49 Å². The Hall–Kier alpha value is -1.74. The molecule has 2 rings (SSSR count).